The zero-order chi connectivity index (χ0) is 8.27. The van der Waals surface area contributed by atoms with Gasteiger partial charge in [0.25, 0.3) is 0 Å². The second kappa shape index (κ2) is 4.09. The average molecular weight is 265 g/mol. The molecule has 1 heterocycles. The van der Waals surface area contributed by atoms with Gasteiger partial charge in [-0.15, -0.1) is 0 Å². The summed E-state index contributed by atoms with van der Waals surface area (Å²) in [7, 11) is 2.04. The molecule has 64 valence electrons. The minimum atomic E-state index is 0.226. The van der Waals surface area contributed by atoms with Crippen molar-refractivity contribution in [1.29, 1.82) is 0 Å². The molecule has 0 aliphatic rings. The van der Waals surface area contributed by atoms with Crippen LogP contribution >= 0.6 is 0 Å². The molecule has 0 aliphatic heterocycles. The molecule has 0 atom stereocenters. The fourth-order valence-electron chi connectivity index (χ4n) is 0.895. The van der Waals surface area contributed by atoms with Gasteiger partial charge in [0.05, 0.1) is 0 Å². The van der Waals surface area contributed by atoms with E-state index in [1.165, 1.54) is 14.5 Å². The summed E-state index contributed by atoms with van der Waals surface area (Å²) in [6.07, 6.45) is 1.30. The summed E-state index contributed by atoms with van der Waals surface area (Å²) < 4.78 is 4.86. The van der Waals surface area contributed by atoms with Crippen molar-refractivity contribution in [3.05, 3.63) is 15.5 Å². The third kappa shape index (κ3) is 2.47. The monoisotopic (exact) mass is 265 g/mol. The molecule has 0 saturated heterocycles. The van der Waals surface area contributed by atoms with E-state index in [-0.39, 0.29) is 21.2 Å². The SMILES string of the molecule is CCC[I-]c1cc(C)nn1C. The van der Waals surface area contributed by atoms with Crippen molar-refractivity contribution in [2.24, 2.45) is 7.05 Å². The van der Waals surface area contributed by atoms with Gasteiger partial charge in [-0.05, 0) is 0 Å². The van der Waals surface area contributed by atoms with Crippen LogP contribution in [0.4, 0.5) is 0 Å². The molecule has 0 bridgehead atoms. The first-order valence-corrected chi connectivity index (χ1v) is 6.44. The van der Waals surface area contributed by atoms with E-state index in [1.54, 1.807) is 0 Å². The third-order valence-electron chi connectivity index (χ3n) is 1.37. The molecule has 1 rings (SSSR count). The van der Waals surface area contributed by atoms with E-state index >= 15 is 0 Å². The van der Waals surface area contributed by atoms with Crippen LogP contribution in [0.15, 0.2) is 6.07 Å². The number of nitrogens with zero attached hydrogens (tertiary/aromatic N) is 2. The zero-order valence-corrected chi connectivity index (χ0v) is 9.42. The van der Waals surface area contributed by atoms with Gasteiger partial charge in [0, 0.05) is 0 Å². The Labute approximate surface area is 78.2 Å². The molecule has 11 heavy (non-hydrogen) atoms. The van der Waals surface area contributed by atoms with Gasteiger partial charge in [0.15, 0.2) is 0 Å². The molecule has 0 amide bonds. The second-order valence-electron chi connectivity index (χ2n) is 2.55. The first-order valence-electron chi connectivity index (χ1n) is 3.84. The maximum atomic E-state index is 4.31. The van der Waals surface area contributed by atoms with E-state index in [4.69, 9.17) is 0 Å². The Bertz CT molecular complexity index is 230. The Morgan fingerprint density at radius 2 is 2.36 bits per heavy atom. The number of halogens is 1. The Kier molecular flexibility index (Phi) is 3.36. The fraction of sp³-hybridized carbons (Fsp3) is 0.625. The van der Waals surface area contributed by atoms with Crippen LogP contribution in [-0.4, -0.2) is 14.2 Å². The van der Waals surface area contributed by atoms with E-state index < -0.39 is 0 Å². The van der Waals surface area contributed by atoms with Gasteiger partial charge in [0.2, 0.25) is 0 Å². The van der Waals surface area contributed by atoms with Crippen molar-refractivity contribution in [1.82, 2.24) is 9.78 Å². The van der Waals surface area contributed by atoms with Crippen LogP contribution in [0, 0.1) is 10.6 Å². The third-order valence-corrected chi connectivity index (χ3v) is 4.77. The number of rotatable bonds is 3. The van der Waals surface area contributed by atoms with Crippen molar-refractivity contribution in [2.45, 2.75) is 20.3 Å². The van der Waals surface area contributed by atoms with Crippen LogP contribution in [0.1, 0.15) is 19.0 Å². The van der Waals surface area contributed by atoms with Crippen molar-refractivity contribution < 1.29 is 21.2 Å². The zero-order valence-electron chi connectivity index (χ0n) is 7.26. The normalized spacial score (nSPS) is 10.8. The summed E-state index contributed by atoms with van der Waals surface area (Å²) in [5.74, 6) is 0. The van der Waals surface area contributed by atoms with Gasteiger partial charge in [-0.2, -0.15) is 0 Å². The van der Waals surface area contributed by atoms with E-state index in [1.807, 2.05) is 11.7 Å². The molecule has 0 spiro atoms. The van der Waals surface area contributed by atoms with Crippen LogP contribution in [0.3, 0.4) is 0 Å². The molecule has 3 heteroatoms. The maximum absolute atomic E-state index is 4.31. The topological polar surface area (TPSA) is 17.8 Å². The van der Waals surface area contributed by atoms with Crippen molar-refractivity contribution >= 4 is 0 Å². The Morgan fingerprint density at radius 1 is 1.64 bits per heavy atom. The Balaban J connectivity index is 2.62. The molecule has 0 aromatic carbocycles. The number of hydrogen-bond donors (Lipinski definition) is 0. The fourth-order valence-corrected chi connectivity index (χ4v) is 3.26. The van der Waals surface area contributed by atoms with Gasteiger partial charge in [-0.3, -0.25) is 0 Å². The summed E-state index contributed by atoms with van der Waals surface area (Å²) >= 11 is 0.226. The van der Waals surface area contributed by atoms with Crippen LogP contribution < -0.4 is 21.2 Å². The number of aryl methyl sites for hydroxylation is 2. The molecule has 1 aromatic heterocycles. The predicted octanol–water partition coefficient (Wildman–Crippen LogP) is -1.60. The van der Waals surface area contributed by atoms with E-state index in [0.29, 0.717) is 0 Å². The molecule has 2 nitrogen and oxygen atoms in total. The Hall–Kier alpha value is -0.0600. The number of aromatic nitrogens is 2. The summed E-state index contributed by atoms with van der Waals surface area (Å²) in [4.78, 5) is 0. The Morgan fingerprint density at radius 3 is 2.82 bits per heavy atom. The molecule has 0 N–H and O–H groups in total. The van der Waals surface area contributed by atoms with Crippen LogP contribution in [-0.2, 0) is 7.05 Å². The van der Waals surface area contributed by atoms with Crippen LogP contribution in [0.25, 0.3) is 0 Å². The van der Waals surface area contributed by atoms with E-state index in [9.17, 15) is 0 Å². The molecule has 0 unspecified atom stereocenters. The van der Waals surface area contributed by atoms with E-state index in [0.717, 1.165) is 5.69 Å². The molecule has 0 fully saturated rings. The molecular weight excluding hydrogens is 251 g/mol. The van der Waals surface area contributed by atoms with Crippen LogP contribution in [0.5, 0.6) is 0 Å². The minimum absolute atomic E-state index is 0.226. The average Bonchev–Trinajstić information content (AvgIpc) is 2.26. The number of alkyl halides is 1. The van der Waals surface area contributed by atoms with Gasteiger partial charge in [-0.25, -0.2) is 0 Å². The van der Waals surface area contributed by atoms with Crippen molar-refractivity contribution in [3.63, 3.8) is 0 Å². The summed E-state index contributed by atoms with van der Waals surface area (Å²) in [6, 6.07) is 2.21. The van der Waals surface area contributed by atoms with E-state index in [2.05, 4.69) is 25.0 Å². The summed E-state index contributed by atoms with van der Waals surface area (Å²) in [5.41, 5.74) is 1.15. The van der Waals surface area contributed by atoms with Crippen LogP contribution in [0.2, 0.25) is 0 Å². The summed E-state index contributed by atoms with van der Waals surface area (Å²) in [6.45, 7) is 4.29. The molecule has 1 aromatic rings. The van der Waals surface area contributed by atoms with Crippen molar-refractivity contribution in [3.8, 4) is 0 Å². The second-order valence-corrected chi connectivity index (χ2v) is 5.50. The first kappa shape index (κ1) is 9.03. The molecular formula is C8H14IN2-. The van der Waals surface area contributed by atoms with Gasteiger partial charge >= 0.3 is 78.2 Å². The van der Waals surface area contributed by atoms with Gasteiger partial charge in [0.1, 0.15) is 0 Å². The summed E-state index contributed by atoms with van der Waals surface area (Å²) in [5, 5.41) is 4.31. The predicted molar refractivity (Wildman–Crippen MR) is 41.8 cm³/mol. The standard InChI is InChI=1S/C8H14IN2/c1-4-5-9-8-6-7(2)10-11(8)3/h6H,4-5H2,1-3H3/q-1. The molecule has 0 aliphatic carbocycles. The van der Waals surface area contributed by atoms with Gasteiger partial charge in [-0.1, -0.05) is 0 Å². The molecule has 0 radical (unpaired) electrons. The van der Waals surface area contributed by atoms with Gasteiger partial charge < -0.3 is 0 Å². The first-order chi connectivity index (χ1) is 5.24. The number of hydrogen-bond acceptors (Lipinski definition) is 1. The van der Waals surface area contributed by atoms with Crippen molar-refractivity contribution in [2.75, 3.05) is 4.43 Å². The molecule has 0 saturated carbocycles. The quantitative estimate of drug-likeness (QED) is 0.475.